The third-order valence-corrected chi connectivity index (χ3v) is 1.94. The smallest absolute Gasteiger partial charge is 0.139 e. The van der Waals surface area contributed by atoms with Crippen molar-refractivity contribution in [1.82, 2.24) is 9.36 Å². The van der Waals surface area contributed by atoms with Gasteiger partial charge in [0.2, 0.25) is 0 Å². The fraction of sp³-hybridized carbons (Fsp3) is 0.571. The van der Waals surface area contributed by atoms with Gasteiger partial charge >= 0.3 is 0 Å². The van der Waals surface area contributed by atoms with Crippen molar-refractivity contribution in [3.8, 4) is 0 Å². The fourth-order valence-electron chi connectivity index (χ4n) is 0.810. The summed E-state index contributed by atoms with van der Waals surface area (Å²) in [6.07, 6.45) is 3.51. The Hall–Kier alpha value is -0.770. The van der Waals surface area contributed by atoms with Crippen molar-refractivity contribution in [2.45, 2.75) is 26.2 Å². The first-order valence-electron chi connectivity index (χ1n) is 3.60. The third kappa shape index (κ3) is 2.76. The number of carbonyl (C=O) groups is 1. The highest BCUT2D eigenvalue weighted by Gasteiger charge is 2.03. The molecule has 0 unspecified atom stereocenters. The Balaban J connectivity index is 2.37. The van der Waals surface area contributed by atoms with Crippen LogP contribution < -0.4 is 0 Å². The van der Waals surface area contributed by atoms with Gasteiger partial charge < -0.3 is 0 Å². The molecule has 0 N–H and O–H groups in total. The molecule has 0 spiro atoms. The number of nitrogens with zero attached hydrogens (tertiary/aromatic N) is 2. The van der Waals surface area contributed by atoms with Crippen LogP contribution in [0.1, 0.15) is 24.8 Å². The highest BCUT2D eigenvalue weighted by Crippen LogP contribution is 2.03. The van der Waals surface area contributed by atoms with Crippen LogP contribution in [-0.2, 0) is 11.2 Å². The lowest BCUT2D eigenvalue weighted by atomic mass is 10.2. The lowest BCUT2D eigenvalue weighted by Gasteiger charge is -1.92. The van der Waals surface area contributed by atoms with Crippen LogP contribution in [0, 0.1) is 0 Å². The molecule has 1 heterocycles. The van der Waals surface area contributed by atoms with Crippen LogP contribution in [0.15, 0.2) is 6.33 Å². The number of aromatic nitrogens is 2. The van der Waals surface area contributed by atoms with Crippen LogP contribution in [0.5, 0.6) is 0 Å². The van der Waals surface area contributed by atoms with E-state index in [2.05, 4.69) is 9.36 Å². The SMILES string of the molecule is CCCC(=O)Cc1ncns1. The van der Waals surface area contributed by atoms with Crippen molar-refractivity contribution >= 4 is 17.3 Å². The molecule has 0 atom stereocenters. The summed E-state index contributed by atoms with van der Waals surface area (Å²) < 4.78 is 3.81. The van der Waals surface area contributed by atoms with Gasteiger partial charge in [-0.3, -0.25) is 4.79 Å². The molecule has 3 nitrogen and oxygen atoms in total. The summed E-state index contributed by atoms with van der Waals surface area (Å²) in [5.41, 5.74) is 0. The standard InChI is InChI=1S/C7H10N2OS/c1-2-3-6(10)4-7-8-5-9-11-7/h5H,2-4H2,1H3. The van der Waals surface area contributed by atoms with Gasteiger partial charge in [-0.15, -0.1) is 0 Å². The highest BCUT2D eigenvalue weighted by atomic mass is 32.1. The first kappa shape index (κ1) is 8.33. The van der Waals surface area contributed by atoms with E-state index in [0.29, 0.717) is 12.8 Å². The Kier molecular flexibility index (Phi) is 3.16. The third-order valence-electron chi connectivity index (χ3n) is 1.28. The quantitative estimate of drug-likeness (QED) is 0.686. The molecule has 0 aromatic carbocycles. The average molecular weight is 170 g/mol. The molecule has 1 rings (SSSR count). The fourth-order valence-corrected chi connectivity index (χ4v) is 1.35. The molecule has 0 amide bonds. The lowest BCUT2D eigenvalue weighted by Crippen LogP contribution is -2.00. The molecule has 1 aromatic rings. The van der Waals surface area contributed by atoms with Gasteiger partial charge in [0, 0.05) is 6.42 Å². The molecule has 11 heavy (non-hydrogen) atoms. The van der Waals surface area contributed by atoms with E-state index in [1.54, 1.807) is 0 Å². The molecule has 0 bridgehead atoms. The monoisotopic (exact) mass is 170 g/mol. The normalized spacial score (nSPS) is 9.91. The number of rotatable bonds is 4. The molecule has 60 valence electrons. The topological polar surface area (TPSA) is 42.9 Å². The summed E-state index contributed by atoms with van der Waals surface area (Å²) in [6, 6.07) is 0. The summed E-state index contributed by atoms with van der Waals surface area (Å²) in [6.45, 7) is 2.00. The molecule has 0 radical (unpaired) electrons. The summed E-state index contributed by atoms with van der Waals surface area (Å²) >= 11 is 1.30. The minimum absolute atomic E-state index is 0.254. The van der Waals surface area contributed by atoms with Crippen LogP contribution in [0.3, 0.4) is 0 Å². The van der Waals surface area contributed by atoms with E-state index in [-0.39, 0.29) is 5.78 Å². The van der Waals surface area contributed by atoms with Crippen molar-refractivity contribution in [2.75, 3.05) is 0 Å². The molecule has 4 heteroatoms. The maximum absolute atomic E-state index is 11.0. The molecule has 0 aliphatic heterocycles. The average Bonchev–Trinajstić information content (AvgIpc) is 2.40. The Morgan fingerprint density at radius 2 is 2.55 bits per heavy atom. The van der Waals surface area contributed by atoms with Gasteiger partial charge in [-0.1, -0.05) is 6.92 Å². The van der Waals surface area contributed by atoms with Crippen molar-refractivity contribution in [1.29, 1.82) is 0 Å². The Morgan fingerprint density at radius 1 is 1.73 bits per heavy atom. The molecule has 0 aliphatic carbocycles. The van der Waals surface area contributed by atoms with Crippen molar-refractivity contribution in [2.24, 2.45) is 0 Å². The van der Waals surface area contributed by atoms with Crippen molar-refractivity contribution < 1.29 is 4.79 Å². The van der Waals surface area contributed by atoms with Gasteiger partial charge in [0.05, 0.1) is 6.42 Å². The first-order chi connectivity index (χ1) is 5.33. The highest BCUT2D eigenvalue weighted by molar-refractivity contribution is 7.05. The minimum atomic E-state index is 0.254. The Labute approximate surface area is 69.6 Å². The number of ketones is 1. The largest absolute Gasteiger partial charge is 0.299 e. The predicted octanol–water partition coefficient (Wildman–Crippen LogP) is 1.45. The van der Waals surface area contributed by atoms with Gasteiger partial charge in [-0.25, -0.2) is 4.98 Å². The van der Waals surface area contributed by atoms with Crippen LogP contribution in [0.2, 0.25) is 0 Å². The maximum Gasteiger partial charge on any atom is 0.139 e. The van der Waals surface area contributed by atoms with Gasteiger partial charge in [0.25, 0.3) is 0 Å². The Morgan fingerprint density at radius 3 is 3.09 bits per heavy atom. The number of hydrogen-bond donors (Lipinski definition) is 0. The lowest BCUT2D eigenvalue weighted by molar-refractivity contribution is -0.118. The second-order valence-corrected chi connectivity index (χ2v) is 3.17. The molecular formula is C7H10N2OS. The van der Waals surface area contributed by atoms with Gasteiger partial charge in [0.15, 0.2) is 0 Å². The van der Waals surface area contributed by atoms with E-state index in [4.69, 9.17) is 0 Å². The van der Waals surface area contributed by atoms with E-state index in [0.717, 1.165) is 11.4 Å². The molecular weight excluding hydrogens is 160 g/mol. The van der Waals surface area contributed by atoms with E-state index in [1.807, 2.05) is 6.92 Å². The zero-order valence-electron chi connectivity index (χ0n) is 6.41. The number of Topliss-reactive ketones (excluding diaryl/α,β-unsaturated/α-hetero) is 1. The van der Waals surface area contributed by atoms with E-state index < -0.39 is 0 Å². The van der Waals surface area contributed by atoms with Gasteiger partial charge in [0.1, 0.15) is 17.1 Å². The summed E-state index contributed by atoms with van der Waals surface area (Å²) in [5.74, 6) is 0.254. The van der Waals surface area contributed by atoms with E-state index in [1.165, 1.54) is 17.9 Å². The molecule has 0 aliphatic rings. The van der Waals surface area contributed by atoms with Crippen LogP contribution in [0.4, 0.5) is 0 Å². The minimum Gasteiger partial charge on any atom is -0.299 e. The van der Waals surface area contributed by atoms with E-state index >= 15 is 0 Å². The van der Waals surface area contributed by atoms with Gasteiger partial charge in [-0.05, 0) is 18.0 Å². The molecule has 0 saturated carbocycles. The molecule has 1 aromatic heterocycles. The van der Waals surface area contributed by atoms with Crippen molar-refractivity contribution in [3.05, 3.63) is 11.3 Å². The summed E-state index contributed by atoms with van der Waals surface area (Å²) in [4.78, 5) is 15.0. The zero-order valence-corrected chi connectivity index (χ0v) is 7.23. The number of carbonyl (C=O) groups excluding carboxylic acids is 1. The van der Waals surface area contributed by atoms with Crippen LogP contribution in [0.25, 0.3) is 0 Å². The van der Waals surface area contributed by atoms with Crippen LogP contribution in [-0.4, -0.2) is 15.1 Å². The van der Waals surface area contributed by atoms with Gasteiger partial charge in [-0.2, -0.15) is 4.37 Å². The summed E-state index contributed by atoms with van der Waals surface area (Å²) in [7, 11) is 0. The second-order valence-electron chi connectivity index (χ2n) is 2.30. The van der Waals surface area contributed by atoms with E-state index in [9.17, 15) is 4.79 Å². The zero-order chi connectivity index (χ0) is 8.10. The van der Waals surface area contributed by atoms with Crippen LogP contribution >= 0.6 is 11.5 Å². The predicted molar refractivity (Wildman–Crippen MR) is 43.5 cm³/mol. The summed E-state index contributed by atoms with van der Waals surface area (Å²) in [5, 5.41) is 0.823. The maximum atomic E-state index is 11.0. The molecule has 0 saturated heterocycles. The second kappa shape index (κ2) is 4.18. The first-order valence-corrected chi connectivity index (χ1v) is 4.37. The van der Waals surface area contributed by atoms with Crippen molar-refractivity contribution in [3.63, 3.8) is 0 Å². The number of hydrogen-bond acceptors (Lipinski definition) is 4. The Bertz CT molecular complexity index is 220. The molecule has 0 fully saturated rings.